The lowest BCUT2D eigenvalue weighted by atomic mass is 10.0. The lowest BCUT2D eigenvalue weighted by Crippen LogP contribution is -2.18. The zero-order valence-corrected chi connectivity index (χ0v) is 11.4. The van der Waals surface area contributed by atoms with Crippen LogP contribution in [0, 0.1) is 11.6 Å². The van der Waals surface area contributed by atoms with Crippen molar-refractivity contribution >= 4 is 27.3 Å². The third-order valence-corrected chi connectivity index (χ3v) is 4.42. The molecule has 0 aliphatic heterocycles. The summed E-state index contributed by atoms with van der Waals surface area (Å²) >= 11 is 4.90. The molecule has 0 fully saturated rings. The van der Waals surface area contributed by atoms with Gasteiger partial charge in [-0.2, -0.15) is 0 Å². The second-order valence-corrected chi connectivity index (χ2v) is 5.30. The van der Waals surface area contributed by atoms with E-state index >= 15 is 0 Å². The van der Waals surface area contributed by atoms with E-state index in [-0.39, 0.29) is 6.04 Å². The van der Waals surface area contributed by atoms with Crippen molar-refractivity contribution in [3.05, 3.63) is 56.2 Å². The molecule has 1 aromatic carbocycles. The van der Waals surface area contributed by atoms with E-state index in [1.807, 2.05) is 11.4 Å². The standard InChI is InChI=1S/C12H10BrF2NS/c1-16-11(12-8(13)5-6-17-12)7-3-2-4-9(14)10(7)15/h2-6,11,16H,1H3. The van der Waals surface area contributed by atoms with Gasteiger partial charge in [0.1, 0.15) is 0 Å². The van der Waals surface area contributed by atoms with Gasteiger partial charge in [0.25, 0.3) is 0 Å². The molecule has 17 heavy (non-hydrogen) atoms. The summed E-state index contributed by atoms with van der Waals surface area (Å²) in [4.78, 5) is 0.928. The average Bonchev–Trinajstić information content (AvgIpc) is 2.72. The van der Waals surface area contributed by atoms with Gasteiger partial charge in [0.15, 0.2) is 11.6 Å². The minimum atomic E-state index is -0.824. The molecule has 0 saturated heterocycles. The summed E-state index contributed by atoms with van der Waals surface area (Å²) in [7, 11) is 1.72. The molecule has 0 spiro atoms. The zero-order chi connectivity index (χ0) is 12.4. The van der Waals surface area contributed by atoms with Gasteiger partial charge in [0, 0.05) is 14.9 Å². The SMILES string of the molecule is CNC(c1cccc(F)c1F)c1sccc1Br. The van der Waals surface area contributed by atoms with E-state index in [0.29, 0.717) is 5.56 Å². The zero-order valence-electron chi connectivity index (χ0n) is 9.01. The molecule has 1 aromatic heterocycles. The minimum Gasteiger partial charge on any atom is -0.309 e. The van der Waals surface area contributed by atoms with Crippen LogP contribution in [0.15, 0.2) is 34.1 Å². The molecule has 0 aliphatic rings. The number of thiophene rings is 1. The number of nitrogens with one attached hydrogen (secondary N) is 1. The number of halogens is 3. The molecule has 0 radical (unpaired) electrons. The Morgan fingerprint density at radius 2 is 2.06 bits per heavy atom. The lowest BCUT2D eigenvalue weighted by Gasteiger charge is -2.16. The van der Waals surface area contributed by atoms with E-state index in [0.717, 1.165) is 15.4 Å². The molecule has 2 rings (SSSR count). The first-order chi connectivity index (χ1) is 8.15. The summed E-state index contributed by atoms with van der Waals surface area (Å²) in [5.74, 6) is -1.62. The summed E-state index contributed by atoms with van der Waals surface area (Å²) in [6.45, 7) is 0. The van der Waals surface area contributed by atoms with Crippen LogP contribution >= 0.6 is 27.3 Å². The van der Waals surface area contributed by atoms with Crippen molar-refractivity contribution in [2.24, 2.45) is 0 Å². The van der Waals surface area contributed by atoms with Gasteiger partial charge in [-0.05, 0) is 40.5 Å². The Morgan fingerprint density at radius 1 is 1.29 bits per heavy atom. The van der Waals surface area contributed by atoms with Gasteiger partial charge in [-0.25, -0.2) is 8.78 Å². The molecule has 1 atom stereocenters. The van der Waals surface area contributed by atoms with Gasteiger partial charge < -0.3 is 5.32 Å². The molecular formula is C12H10BrF2NS. The molecule has 90 valence electrons. The fraction of sp³-hybridized carbons (Fsp3) is 0.167. The van der Waals surface area contributed by atoms with Crippen molar-refractivity contribution in [3.63, 3.8) is 0 Å². The van der Waals surface area contributed by atoms with Gasteiger partial charge >= 0.3 is 0 Å². The summed E-state index contributed by atoms with van der Waals surface area (Å²) in [5.41, 5.74) is 0.315. The molecule has 0 saturated carbocycles. The van der Waals surface area contributed by atoms with Gasteiger partial charge in [-0.1, -0.05) is 12.1 Å². The number of hydrogen-bond donors (Lipinski definition) is 1. The Kier molecular flexibility index (Phi) is 3.91. The second kappa shape index (κ2) is 5.25. The van der Waals surface area contributed by atoms with Gasteiger partial charge in [-0.3, -0.25) is 0 Å². The van der Waals surface area contributed by atoms with Crippen molar-refractivity contribution in [3.8, 4) is 0 Å². The fourth-order valence-electron chi connectivity index (χ4n) is 1.68. The van der Waals surface area contributed by atoms with Crippen LogP contribution in [0.25, 0.3) is 0 Å². The van der Waals surface area contributed by atoms with Crippen LogP contribution in [0.2, 0.25) is 0 Å². The van der Waals surface area contributed by atoms with Crippen LogP contribution in [-0.2, 0) is 0 Å². The Balaban J connectivity index is 2.50. The predicted molar refractivity (Wildman–Crippen MR) is 69.3 cm³/mol. The number of benzene rings is 1. The van der Waals surface area contributed by atoms with Crippen molar-refractivity contribution < 1.29 is 8.78 Å². The highest BCUT2D eigenvalue weighted by atomic mass is 79.9. The van der Waals surface area contributed by atoms with Crippen LogP contribution < -0.4 is 5.32 Å². The molecule has 0 amide bonds. The maximum absolute atomic E-state index is 13.7. The Bertz CT molecular complexity index is 527. The summed E-state index contributed by atoms with van der Waals surface area (Å²) in [5, 5.41) is 4.91. The first-order valence-corrected chi connectivity index (χ1v) is 6.66. The van der Waals surface area contributed by atoms with Crippen LogP contribution in [-0.4, -0.2) is 7.05 Å². The molecule has 1 unspecified atom stereocenters. The molecule has 0 aliphatic carbocycles. The van der Waals surface area contributed by atoms with E-state index < -0.39 is 11.6 Å². The van der Waals surface area contributed by atoms with E-state index in [2.05, 4.69) is 21.2 Å². The summed E-state index contributed by atoms with van der Waals surface area (Å²) in [6, 6.07) is 5.77. The van der Waals surface area contributed by atoms with Crippen LogP contribution in [0.4, 0.5) is 8.78 Å². The third-order valence-electron chi connectivity index (χ3n) is 2.49. The maximum atomic E-state index is 13.7. The van der Waals surface area contributed by atoms with Gasteiger partial charge in [0.05, 0.1) is 6.04 Å². The van der Waals surface area contributed by atoms with Crippen LogP contribution in [0.1, 0.15) is 16.5 Å². The summed E-state index contributed by atoms with van der Waals surface area (Å²) in [6.07, 6.45) is 0. The second-order valence-electron chi connectivity index (χ2n) is 3.50. The maximum Gasteiger partial charge on any atom is 0.163 e. The smallest absolute Gasteiger partial charge is 0.163 e. The Labute approximate surface area is 111 Å². The Morgan fingerprint density at radius 3 is 2.65 bits per heavy atom. The quantitative estimate of drug-likeness (QED) is 0.898. The van der Waals surface area contributed by atoms with Crippen molar-refractivity contribution in [2.45, 2.75) is 6.04 Å². The molecule has 1 nitrogen and oxygen atoms in total. The molecule has 0 bridgehead atoms. The highest BCUT2D eigenvalue weighted by Gasteiger charge is 2.21. The molecule has 5 heteroatoms. The molecule has 1 N–H and O–H groups in total. The number of rotatable bonds is 3. The van der Waals surface area contributed by atoms with Crippen molar-refractivity contribution in [1.82, 2.24) is 5.32 Å². The highest BCUT2D eigenvalue weighted by molar-refractivity contribution is 9.10. The lowest BCUT2D eigenvalue weighted by molar-refractivity contribution is 0.488. The summed E-state index contributed by atoms with van der Waals surface area (Å²) < 4.78 is 27.8. The van der Waals surface area contributed by atoms with Crippen molar-refractivity contribution in [1.29, 1.82) is 0 Å². The van der Waals surface area contributed by atoms with E-state index in [4.69, 9.17) is 0 Å². The molecule has 1 heterocycles. The topological polar surface area (TPSA) is 12.0 Å². The van der Waals surface area contributed by atoms with Gasteiger partial charge in [0.2, 0.25) is 0 Å². The average molecular weight is 318 g/mol. The van der Waals surface area contributed by atoms with Crippen LogP contribution in [0.3, 0.4) is 0 Å². The van der Waals surface area contributed by atoms with Crippen molar-refractivity contribution in [2.75, 3.05) is 7.05 Å². The van der Waals surface area contributed by atoms with Crippen LogP contribution in [0.5, 0.6) is 0 Å². The molecule has 2 aromatic rings. The normalized spacial score (nSPS) is 12.7. The number of hydrogen-bond acceptors (Lipinski definition) is 2. The first-order valence-electron chi connectivity index (χ1n) is 4.99. The van der Waals surface area contributed by atoms with E-state index in [1.165, 1.54) is 17.4 Å². The highest BCUT2D eigenvalue weighted by Crippen LogP contribution is 2.34. The third kappa shape index (κ3) is 2.41. The first kappa shape index (κ1) is 12.7. The predicted octanol–water partition coefficient (Wildman–Crippen LogP) is 4.10. The molecular weight excluding hydrogens is 308 g/mol. The van der Waals surface area contributed by atoms with E-state index in [9.17, 15) is 8.78 Å². The minimum absolute atomic E-state index is 0.315. The Hall–Kier alpha value is -0.780. The largest absolute Gasteiger partial charge is 0.309 e. The monoisotopic (exact) mass is 317 g/mol. The fourth-order valence-corrected chi connectivity index (χ4v) is 3.41. The van der Waals surface area contributed by atoms with E-state index in [1.54, 1.807) is 13.1 Å². The van der Waals surface area contributed by atoms with Gasteiger partial charge in [-0.15, -0.1) is 11.3 Å².